The van der Waals surface area contributed by atoms with Gasteiger partial charge >= 0.3 is 0 Å². The van der Waals surface area contributed by atoms with Crippen LogP contribution >= 0.6 is 0 Å². The number of ether oxygens (including phenoxy) is 1. The van der Waals surface area contributed by atoms with Crippen LogP contribution in [0.5, 0.6) is 5.75 Å². The summed E-state index contributed by atoms with van der Waals surface area (Å²) in [6, 6.07) is 15.0. The van der Waals surface area contributed by atoms with E-state index in [4.69, 9.17) is 10.5 Å². The first-order chi connectivity index (χ1) is 12.4. The van der Waals surface area contributed by atoms with E-state index in [1.807, 2.05) is 49.4 Å². The first kappa shape index (κ1) is 18.4. The van der Waals surface area contributed by atoms with Crippen LogP contribution in [0, 0.1) is 0 Å². The molecule has 0 spiro atoms. The molecule has 0 unspecified atom stereocenters. The monoisotopic (exact) mass is 354 g/mol. The SMILES string of the molecule is COc1ccc([C@@](C)(O)[C@H]2CCCN2Cc2cccc(C(N)=O)c2)cc1. The van der Waals surface area contributed by atoms with Gasteiger partial charge < -0.3 is 15.6 Å². The normalized spacial score (nSPS) is 19.9. The van der Waals surface area contributed by atoms with E-state index in [0.29, 0.717) is 12.1 Å². The number of carbonyl (C=O) groups excluding carboxylic acids is 1. The number of primary amides is 1. The number of amides is 1. The molecule has 3 rings (SSSR count). The molecule has 5 nitrogen and oxygen atoms in total. The predicted molar refractivity (Wildman–Crippen MR) is 101 cm³/mol. The molecule has 2 atom stereocenters. The average Bonchev–Trinajstić information content (AvgIpc) is 3.11. The van der Waals surface area contributed by atoms with Crippen LogP contribution in [-0.4, -0.2) is 35.6 Å². The molecule has 5 heteroatoms. The maximum atomic E-state index is 11.4. The highest BCUT2D eigenvalue weighted by Crippen LogP contribution is 2.36. The lowest BCUT2D eigenvalue weighted by atomic mass is 9.86. The number of rotatable bonds is 6. The maximum Gasteiger partial charge on any atom is 0.248 e. The number of carbonyl (C=O) groups is 1. The number of hydrogen-bond acceptors (Lipinski definition) is 4. The summed E-state index contributed by atoms with van der Waals surface area (Å²) in [4.78, 5) is 13.7. The van der Waals surface area contributed by atoms with E-state index in [1.54, 1.807) is 13.2 Å². The molecule has 0 aliphatic carbocycles. The van der Waals surface area contributed by atoms with E-state index in [2.05, 4.69) is 4.90 Å². The number of hydrogen-bond donors (Lipinski definition) is 2. The zero-order valence-electron chi connectivity index (χ0n) is 15.3. The second-order valence-corrected chi connectivity index (χ2v) is 7.07. The van der Waals surface area contributed by atoms with E-state index >= 15 is 0 Å². The van der Waals surface area contributed by atoms with E-state index < -0.39 is 11.5 Å². The van der Waals surface area contributed by atoms with E-state index in [-0.39, 0.29) is 6.04 Å². The number of nitrogens with zero attached hydrogens (tertiary/aromatic N) is 1. The van der Waals surface area contributed by atoms with Gasteiger partial charge in [-0.25, -0.2) is 0 Å². The zero-order chi connectivity index (χ0) is 18.7. The lowest BCUT2D eigenvalue weighted by Gasteiger charge is -2.37. The van der Waals surface area contributed by atoms with Crippen molar-refractivity contribution in [3.05, 3.63) is 65.2 Å². The second-order valence-electron chi connectivity index (χ2n) is 7.07. The number of methoxy groups -OCH3 is 1. The Kier molecular flexibility index (Phi) is 5.30. The van der Waals surface area contributed by atoms with Crippen LogP contribution in [0.1, 0.15) is 41.3 Å². The van der Waals surface area contributed by atoms with Crippen LogP contribution in [-0.2, 0) is 12.1 Å². The van der Waals surface area contributed by atoms with Gasteiger partial charge in [-0.05, 0) is 61.7 Å². The minimum Gasteiger partial charge on any atom is -0.497 e. The van der Waals surface area contributed by atoms with Crippen LogP contribution in [0.25, 0.3) is 0 Å². The third kappa shape index (κ3) is 3.74. The molecule has 26 heavy (non-hydrogen) atoms. The van der Waals surface area contributed by atoms with Crippen molar-refractivity contribution >= 4 is 5.91 Å². The highest BCUT2D eigenvalue weighted by atomic mass is 16.5. The van der Waals surface area contributed by atoms with Crippen LogP contribution in [0.3, 0.4) is 0 Å². The highest BCUT2D eigenvalue weighted by molar-refractivity contribution is 5.92. The van der Waals surface area contributed by atoms with E-state index in [0.717, 1.165) is 36.3 Å². The molecule has 2 aromatic rings. The molecule has 0 saturated carbocycles. The summed E-state index contributed by atoms with van der Waals surface area (Å²) in [6.07, 6.45) is 1.96. The largest absolute Gasteiger partial charge is 0.497 e. The van der Waals surface area contributed by atoms with Gasteiger partial charge in [-0.1, -0.05) is 24.3 Å². The van der Waals surface area contributed by atoms with Gasteiger partial charge in [-0.3, -0.25) is 9.69 Å². The van der Waals surface area contributed by atoms with Gasteiger partial charge in [0.2, 0.25) is 5.91 Å². The minimum atomic E-state index is -0.968. The van der Waals surface area contributed by atoms with Crippen LogP contribution in [0.4, 0.5) is 0 Å². The Morgan fingerprint density at radius 2 is 2.04 bits per heavy atom. The quantitative estimate of drug-likeness (QED) is 0.836. The van der Waals surface area contributed by atoms with E-state index in [1.165, 1.54) is 0 Å². The van der Waals surface area contributed by atoms with Crippen molar-refractivity contribution in [2.75, 3.05) is 13.7 Å². The molecule has 1 aliphatic heterocycles. The molecule has 0 bridgehead atoms. The van der Waals surface area contributed by atoms with Gasteiger partial charge in [-0.15, -0.1) is 0 Å². The van der Waals surface area contributed by atoms with Gasteiger partial charge in [0.15, 0.2) is 0 Å². The summed E-state index contributed by atoms with van der Waals surface area (Å²) in [5, 5.41) is 11.3. The Bertz CT molecular complexity index is 771. The molecule has 138 valence electrons. The van der Waals surface area contributed by atoms with Crippen molar-refractivity contribution in [1.82, 2.24) is 4.90 Å². The molecule has 1 amide bonds. The fraction of sp³-hybridized carbons (Fsp3) is 0.381. The molecule has 0 radical (unpaired) electrons. The Hall–Kier alpha value is -2.37. The zero-order valence-corrected chi connectivity index (χ0v) is 15.3. The highest BCUT2D eigenvalue weighted by Gasteiger charge is 2.40. The van der Waals surface area contributed by atoms with Crippen molar-refractivity contribution in [2.45, 2.75) is 38.0 Å². The third-order valence-corrected chi connectivity index (χ3v) is 5.28. The Labute approximate surface area is 154 Å². The smallest absolute Gasteiger partial charge is 0.248 e. The molecule has 2 aromatic carbocycles. The molecule has 3 N–H and O–H groups in total. The number of aliphatic hydroxyl groups is 1. The lowest BCUT2D eigenvalue weighted by molar-refractivity contribution is -0.0254. The summed E-state index contributed by atoms with van der Waals surface area (Å²) < 4.78 is 5.21. The number of nitrogens with two attached hydrogens (primary N) is 1. The van der Waals surface area contributed by atoms with Crippen molar-refractivity contribution < 1.29 is 14.6 Å². The molecule has 1 saturated heterocycles. The Morgan fingerprint density at radius 1 is 1.31 bits per heavy atom. The van der Waals surface area contributed by atoms with Crippen LogP contribution in [0.15, 0.2) is 48.5 Å². The van der Waals surface area contributed by atoms with Crippen LogP contribution in [0.2, 0.25) is 0 Å². The van der Waals surface area contributed by atoms with Crippen molar-refractivity contribution in [1.29, 1.82) is 0 Å². The molecule has 1 fully saturated rings. The molecule has 0 aromatic heterocycles. The van der Waals surface area contributed by atoms with Crippen molar-refractivity contribution in [2.24, 2.45) is 5.73 Å². The van der Waals surface area contributed by atoms with Crippen molar-refractivity contribution in [3.63, 3.8) is 0 Å². The van der Waals surface area contributed by atoms with Gasteiger partial charge in [0.05, 0.1) is 7.11 Å². The molecule has 1 heterocycles. The van der Waals surface area contributed by atoms with E-state index in [9.17, 15) is 9.90 Å². The van der Waals surface area contributed by atoms with Gasteiger partial charge in [0.25, 0.3) is 0 Å². The Morgan fingerprint density at radius 3 is 2.69 bits per heavy atom. The summed E-state index contributed by atoms with van der Waals surface area (Å²) in [7, 11) is 1.63. The Balaban J connectivity index is 1.80. The van der Waals surface area contributed by atoms with Gasteiger partial charge in [0, 0.05) is 18.2 Å². The lowest BCUT2D eigenvalue weighted by Crippen LogP contribution is -2.45. The first-order valence-electron chi connectivity index (χ1n) is 8.91. The first-order valence-corrected chi connectivity index (χ1v) is 8.91. The van der Waals surface area contributed by atoms with Crippen LogP contribution < -0.4 is 10.5 Å². The van der Waals surface area contributed by atoms with Crippen molar-refractivity contribution in [3.8, 4) is 5.75 Å². The number of benzene rings is 2. The minimum absolute atomic E-state index is 0.00753. The summed E-state index contributed by atoms with van der Waals surface area (Å²) >= 11 is 0. The molecule has 1 aliphatic rings. The molecular formula is C21H26N2O3. The number of likely N-dealkylation sites (tertiary alicyclic amines) is 1. The average molecular weight is 354 g/mol. The standard InChI is InChI=1S/C21H26N2O3/c1-21(25,17-8-10-18(26-2)11-9-17)19-7-4-12-23(19)14-15-5-3-6-16(13-15)20(22)24/h3,5-6,8-11,13,19,25H,4,7,12,14H2,1-2H3,(H2,22,24)/t19-,21-/m1/s1. The second kappa shape index (κ2) is 7.48. The topological polar surface area (TPSA) is 75.8 Å². The van der Waals surface area contributed by atoms with Gasteiger partial charge in [0.1, 0.15) is 11.4 Å². The summed E-state index contributed by atoms with van der Waals surface area (Å²) in [5.41, 5.74) is 6.83. The van der Waals surface area contributed by atoms with Gasteiger partial charge in [-0.2, -0.15) is 0 Å². The third-order valence-electron chi connectivity index (χ3n) is 5.28. The summed E-state index contributed by atoms with van der Waals surface area (Å²) in [5.74, 6) is 0.353. The predicted octanol–water partition coefficient (Wildman–Crippen LogP) is 2.67. The maximum absolute atomic E-state index is 11.4. The fourth-order valence-corrected chi connectivity index (χ4v) is 3.83. The molecular weight excluding hydrogens is 328 g/mol. The fourth-order valence-electron chi connectivity index (χ4n) is 3.83. The summed E-state index contributed by atoms with van der Waals surface area (Å²) in [6.45, 7) is 3.47.